The number of hydrogen-bond acceptors (Lipinski definition) is 1. The summed E-state index contributed by atoms with van der Waals surface area (Å²) in [7, 11) is 0. The second-order valence-corrected chi connectivity index (χ2v) is 12.8. The molecular formula is C43H34N2. The fourth-order valence-electron chi connectivity index (χ4n) is 6.73. The summed E-state index contributed by atoms with van der Waals surface area (Å²) < 4.78 is 2.27. The third-order valence-corrected chi connectivity index (χ3v) is 8.98. The number of fused-ring (bicyclic) bond motifs is 3. The van der Waals surface area contributed by atoms with Crippen LogP contribution < -0.4 is 0 Å². The van der Waals surface area contributed by atoms with E-state index in [1.165, 1.54) is 49.4 Å². The van der Waals surface area contributed by atoms with E-state index in [2.05, 4.69) is 171 Å². The molecule has 2 heteroatoms. The van der Waals surface area contributed by atoms with Crippen molar-refractivity contribution in [2.24, 2.45) is 0 Å². The first kappa shape index (κ1) is 27.1. The molecule has 0 saturated carbocycles. The molecule has 0 aliphatic rings. The van der Waals surface area contributed by atoms with Gasteiger partial charge in [-0.15, -0.1) is 0 Å². The second kappa shape index (κ2) is 10.6. The maximum absolute atomic E-state index is 5.04. The van der Waals surface area contributed by atoms with E-state index < -0.39 is 0 Å². The van der Waals surface area contributed by atoms with E-state index in [-0.39, 0.29) is 5.41 Å². The van der Waals surface area contributed by atoms with E-state index in [1.54, 1.807) is 0 Å². The Morgan fingerprint density at radius 1 is 0.444 bits per heavy atom. The number of rotatable bonds is 4. The first-order valence-corrected chi connectivity index (χ1v) is 15.7. The van der Waals surface area contributed by atoms with Gasteiger partial charge in [-0.1, -0.05) is 148 Å². The molecule has 45 heavy (non-hydrogen) atoms. The molecule has 0 aliphatic carbocycles. The summed E-state index contributed by atoms with van der Waals surface area (Å²) in [6, 6.07) is 54.7. The van der Waals surface area contributed by atoms with Gasteiger partial charge in [0.1, 0.15) is 5.82 Å². The highest BCUT2D eigenvalue weighted by atomic mass is 15.1. The van der Waals surface area contributed by atoms with Gasteiger partial charge >= 0.3 is 0 Å². The zero-order valence-electron chi connectivity index (χ0n) is 25.8. The molecule has 0 amide bonds. The molecule has 0 aliphatic heterocycles. The van der Waals surface area contributed by atoms with Gasteiger partial charge < -0.3 is 0 Å². The predicted octanol–water partition coefficient (Wildman–Crippen LogP) is 11.6. The molecule has 1 heterocycles. The lowest BCUT2D eigenvalue weighted by Gasteiger charge is -2.21. The Morgan fingerprint density at radius 3 is 1.44 bits per heavy atom. The van der Waals surface area contributed by atoms with Crippen LogP contribution >= 0.6 is 0 Å². The van der Waals surface area contributed by atoms with Gasteiger partial charge in [0.15, 0.2) is 0 Å². The van der Waals surface area contributed by atoms with Crippen LogP contribution in [-0.2, 0) is 5.41 Å². The lowest BCUT2D eigenvalue weighted by atomic mass is 9.83. The lowest BCUT2D eigenvalue weighted by Crippen LogP contribution is -2.10. The molecule has 0 N–H and O–H groups in total. The molecule has 1 aromatic heterocycles. The Labute approximate surface area is 264 Å². The Kier molecular flexibility index (Phi) is 6.39. The van der Waals surface area contributed by atoms with Crippen molar-refractivity contribution in [2.75, 3.05) is 0 Å². The molecule has 0 radical (unpaired) electrons. The molecular weight excluding hydrogens is 544 g/mol. The minimum absolute atomic E-state index is 0.115. The molecule has 0 fully saturated rings. The minimum Gasteiger partial charge on any atom is -0.292 e. The SMILES string of the molecule is CC(C)(C)c1ccc(-c2c3ccccc3c(-c3ccc(-n4c(-c5ccccc5)nc5ccccc54)cc3)c3ccccc23)cc1. The van der Waals surface area contributed by atoms with E-state index in [0.29, 0.717) is 0 Å². The summed E-state index contributed by atoms with van der Waals surface area (Å²) in [5.41, 5.74) is 10.7. The summed E-state index contributed by atoms with van der Waals surface area (Å²) in [4.78, 5) is 5.04. The van der Waals surface area contributed by atoms with Crippen LogP contribution in [0.1, 0.15) is 26.3 Å². The highest BCUT2D eigenvalue weighted by Gasteiger charge is 2.19. The van der Waals surface area contributed by atoms with Crippen LogP contribution in [0.15, 0.2) is 152 Å². The molecule has 2 nitrogen and oxygen atoms in total. The molecule has 0 spiro atoms. The summed E-state index contributed by atoms with van der Waals surface area (Å²) in [5, 5.41) is 5.06. The quantitative estimate of drug-likeness (QED) is 0.190. The molecule has 8 aromatic rings. The van der Waals surface area contributed by atoms with Gasteiger partial charge in [0, 0.05) is 11.3 Å². The Balaban J connectivity index is 1.32. The van der Waals surface area contributed by atoms with Crippen molar-refractivity contribution >= 4 is 32.6 Å². The highest BCUT2D eigenvalue weighted by molar-refractivity contribution is 6.21. The first-order valence-electron chi connectivity index (χ1n) is 15.7. The standard InChI is InChI=1S/C43H34N2/c1-43(2,3)32-25-21-29(22-26-32)40-34-15-7-9-17-36(34)41(37-18-10-8-16-35(37)40)30-23-27-33(28-24-30)45-39-20-12-11-19-38(39)44-42(45)31-13-5-4-6-14-31/h4-28H,1-3H3. The van der Waals surface area contributed by atoms with Gasteiger partial charge in [-0.05, 0) is 79.0 Å². The zero-order valence-corrected chi connectivity index (χ0v) is 25.8. The smallest absolute Gasteiger partial charge is 0.145 e. The molecule has 8 rings (SSSR count). The van der Waals surface area contributed by atoms with Gasteiger partial charge in [-0.25, -0.2) is 4.98 Å². The number of hydrogen-bond donors (Lipinski definition) is 0. The average Bonchev–Trinajstić information content (AvgIpc) is 3.47. The van der Waals surface area contributed by atoms with Crippen molar-refractivity contribution in [1.29, 1.82) is 0 Å². The molecule has 0 atom stereocenters. The lowest BCUT2D eigenvalue weighted by molar-refractivity contribution is 0.590. The van der Waals surface area contributed by atoms with E-state index in [9.17, 15) is 0 Å². The van der Waals surface area contributed by atoms with Crippen molar-refractivity contribution in [1.82, 2.24) is 9.55 Å². The molecule has 0 bridgehead atoms. The normalized spacial score (nSPS) is 11.9. The van der Waals surface area contributed by atoms with Gasteiger partial charge in [0.05, 0.1) is 11.0 Å². The number of aromatic nitrogens is 2. The average molecular weight is 579 g/mol. The van der Waals surface area contributed by atoms with E-state index in [0.717, 1.165) is 28.1 Å². The summed E-state index contributed by atoms with van der Waals surface area (Å²) in [6.45, 7) is 6.81. The summed E-state index contributed by atoms with van der Waals surface area (Å²) in [5.74, 6) is 0.947. The topological polar surface area (TPSA) is 17.8 Å². The van der Waals surface area contributed by atoms with Crippen LogP contribution in [0.2, 0.25) is 0 Å². The van der Waals surface area contributed by atoms with Crippen LogP contribution in [0.3, 0.4) is 0 Å². The number of para-hydroxylation sites is 2. The van der Waals surface area contributed by atoms with E-state index in [1.807, 2.05) is 6.07 Å². The molecule has 216 valence electrons. The summed E-state index contributed by atoms with van der Waals surface area (Å²) >= 11 is 0. The highest BCUT2D eigenvalue weighted by Crippen LogP contribution is 2.44. The van der Waals surface area contributed by atoms with Crippen molar-refractivity contribution < 1.29 is 0 Å². The number of imidazole rings is 1. The van der Waals surface area contributed by atoms with Crippen molar-refractivity contribution in [2.45, 2.75) is 26.2 Å². The molecule has 7 aromatic carbocycles. The van der Waals surface area contributed by atoms with Crippen molar-refractivity contribution in [3.8, 4) is 39.3 Å². The largest absolute Gasteiger partial charge is 0.292 e. The summed E-state index contributed by atoms with van der Waals surface area (Å²) in [6.07, 6.45) is 0. The monoisotopic (exact) mass is 578 g/mol. The van der Waals surface area contributed by atoms with Gasteiger partial charge in [-0.3, -0.25) is 4.57 Å². The predicted molar refractivity (Wildman–Crippen MR) is 191 cm³/mol. The fourth-order valence-corrected chi connectivity index (χ4v) is 6.73. The Morgan fingerprint density at radius 2 is 0.911 bits per heavy atom. The maximum Gasteiger partial charge on any atom is 0.145 e. The first-order chi connectivity index (χ1) is 22.0. The minimum atomic E-state index is 0.115. The van der Waals surface area contributed by atoms with Crippen LogP contribution in [-0.4, -0.2) is 9.55 Å². The van der Waals surface area contributed by atoms with Crippen molar-refractivity contribution in [3.05, 3.63) is 157 Å². The third kappa shape index (κ3) is 4.62. The van der Waals surface area contributed by atoms with Crippen LogP contribution in [0.5, 0.6) is 0 Å². The van der Waals surface area contributed by atoms with Crippen LogP contribution in [0.25, 0.3) is 71.9 Å². The van der Waals surface area contributed by atoms with E-state index >= 15 is 0 Å². The Hall–Kier alpha value is -5.47. The number of nitrogens with zero attached hydrogens (tertiary/aromatic N) is 2. The van der Waals surface area contributed by atoms with Crippen LogP contribution in [0.4, 0.5) is 0 Å². The third-order valence-electron chi connectivity index (χ3n) is 8.98. The fraction of sp³-hybridized carbons (Fsp3) is 0.0930. The number of benzene rings is 7. The van der Waals surface area contributed by atoms with Crippen LogP contribution in [0, 0.1) is 0 Å². The van der Waals surface area contributed by atoms with Gasteiger partial charge in [0.25, 0.3) is 0 Å². The molecule has 0 unspecified atom stereocenters. The van der Waals surface area contributed by atoms with Gasteiger partial charge in [0.2, 0.25) is 0 Å². The van der Waals surface area contributed by atoms with Crippen molar-refractivity contribution in [3.63, 3.8) is 0 Å². The second-order valence-electron chi connectivity index (χ2n) is 12.8. The molecule has 0 saturated heterocycles. The van der Waals surface area contributed by atoms with E-state index in [4.69, 9.17) is 4.98 Å². The zero-order chi connectivity index (χ0) is 30.5. The maximum atomic E-state index is 5.04. The Bertz CT molecular complexity index is 2260. The van der Waals surface area contributed by atoms with Gasteiger partial charge in [-0.2, -0.15) is 0 Å².